The van der Waals surface area contributed by atoms with Gasteiger partial charge in [-0.2, -0.15) is 4.31 Å². The number of benzene rings is 3. The second kappa shape index (κ2) is 11.2. The van der Waals surface area contributed by atoms with Crippen LogP contribution < -0.4 is 10.2 Å². The second-order valence-electron chi connectivity index (χ2n) is 9.98. The molecule has 3 aromatic rings. The van der Waals surface area contributed by atoms with Crippen molar-refractivity contribution in [1.29, 1.82) is 0 Å². The lowest BCUT2D eigenvalue weighted by atomic mass is 10.0. The number of amides is 1. The highest BCUT2D eigenvalue weighted by atomic mass is 32.2. The number of anilines is 1. The summed E-state index contributed by atoms with van der Waals surface area (Å²) in [7, 11) is -1.74. The maximum atomic E-state index is 13.3. The fraction of sp³-hybridized carbons (Fsp3) is 0.345. The predicted molar refractivity (Wildman–Crippen MR) is 147 cm³/mol. The van der Waals surface area contributed by atoms with Crippen LogP contribution in [-0.4, -0.2) is 69.3 Å². The molecule has 1 atom stereocenters. The first kappa shape index (κ1) is 26.3. The summed E-state index contributed by atoms with van der Waals surface area (Å²) in [5.74, 6) is -0.831. The minimum Gasteiger partial charge on any atom is -0.369 e. The normalized spacial score (nSPS) is 19.0. The van der Waals surface area contributed by atoms with E-state index in [0.717, 1.165) is 55.0 Å². The van der Waals surface area contributed by atoms with Gasteiger partial charge in [-0.15, -0.1) is 0 Å². The summed E-state index contributed by atoms with van der Waals surface area (Å²) in [5, 5.41) is 2.92. The van der Waals surface area contributed by atoms with Gasteiger partial charge in [-0.25, -0.2) is 12.8 Å². The summed E-state index contributed by atoms with van der Waals surface area (Å²) in [4.78, 5) is 17.8. The van der Waals surface area contributed by atoms with Crippen LogP contribution in [0.1, 0.15) is 18.4 Å². The Balaban J connectivity index is 1.22. The number of nitrogens with zero attached hydrogens (tertiary/aromatic N) is 3. The molecule has 9 heteroatoms. The van der Waals surface area contributed by atoms with Crippen LogP contribution in [0.15, 0.2) is 77.7 Å². The average Bonchev–Trinajstić information content (AvgIpc) is 3.44. The fourth-order valence-electron chi connectivity index (χ4n) is 5.13. The van der Waals surface area contributed by atoms with Crippen molar-refractivity contribution in [3.63, 3.8) is 0 Å². The topological polar surface area (TPSA) is 73.0 Å². The van der Waals surface area contributed by atoms with Crippen molar-refractivity contribution < 1.29 is 17.6 Å². The molecule has 0 aliphatic carbocycles. The van der Waals surface area contributed by atoms with E-state index in [0.29, 0.717) is 19.4 Å². The molecule has 2 aliphatic heterocycles. The maximum Gasteiger partial charge on any atom is 0.243 e. The average molecular weight is 537 g/mol. The Bertz CT molecular complexity index is 1370. The molecule has 2 fully saturated rings. The van der Waals surface area contributed by atoms with Gasteiger partial charge in [0.15, 0.2) is 0 Å². The van der Waals surface area contributed by atoms with Crippen LogP contribution in [0.4, 0.5) is 10.1 Å². The predicted octanol–water partition coefficient (Wildman–Crippen LogP) is 3.71. The molecule has 0 bridgehead atoms. The number of rotatable bonds is 7. The minimum absolute atomic E-state index is 0.00931. The van der Waals surface area contributed by atoms with Gasteiger partial charge >= 0.3 is 0 Å². The lowest BCUT2D eigenvalue weighted by Gasteiger charge is -2.34. The van der Waals surface area contributed by atoms with Gasteiger partial charge in [0.2, 0.25) is 15.9 Å². The number of hydrogen-bond acceptors (Lipinski definition) is 5. The zero-order chi connectivity index (χ0) is 26.7. The Hall–Kier alpha value is -3.27. The number of carbonyl (C=O) groups is 1. The van der Waals surface area contributed by atoms with Crippen molar-refractivity contribution >= 4 is 21.6 Å². The zero-order valence-corrected chi connectivity index (χ0v) is 22.3. The van der Waals surface area contributed by atoms with Crippen molar-refractivity contribution in [3.8, 4) is 11.1 Å². The van der Waals surface area contributed by atoms with E-state index < -0.39 is 21.9 Å². The summed E-state index contributed by atoms with van der Waals surface area (Å²) >= 11 is 0. The summed E-state index contributed by atoms with van der Waals surface area (Å²) in [6.07, 6.45) is 1.05. The highest BCUT2D eigenvalue weighted by Gasteiger charge is 2.39. The van der Waals surface area contributed by atoms with Crippen molar-refractivity contribution in [3.05, 3.63) is 84.2 Å². The first-order chi connectivity index (χ1) is 18.3. The van der Waals surface area contributed by atoms with E-state index >= 15 is 0 Å². The van der Waals surface area contributed by atoms with Gasteiger partial charge in [0.05, 0.1) is 4.90 Å². The third-order valence-corrected chi connectivity index (χ3v) is 9.31. The summed E-state index contributed by atoms with van der Waals surface area (Å²) in [6.45, 7) is 4.73. The van der Waals surface area contributed by atoms with Crippen LogP contribution >= 0.6 is 0 Å². The molecular weight excluding hydrogens is 503 g/mol. The van der Waals surface area contributed by atoms with Gasteiger partial charge in [-0.3, -0.25) is 4.79 Å². The number of carbonyl (C=O) groups excluding carboxylic acids is 1. The van der Waals surface area contributed by atoms with E-state index in [9.17, 15) is 17.6 Å². The van der Waals surface area contributed by atoms with Crippen molar-refractivity contribution in [2.24, 2.45) is 0 Å². The molecule has 2 aliphatic rings. The molecule has 0 radical (unpaired) electrons. The van der Waals surface area contributed by atoms with Crippen molar-refractivity contribution in [1.82, 2.24) is 14.5 Å². The van der Waals surface area contributed by atoms with Crippen LogP contribution in [0.2, 0.25) is 0 Å². The van der Waals surface area contributed by atoms with Gasteiger partial charge in [-0.1, -0.05) is 30.3 Å². The molecule has 0 saturated carbocycles. The molecule has 2 heterocycles. The third-order valence-electron chi connectivity index (χ3n) is 7.39. The van der Waals surface area contributed by atoms with Crippen LogP contribution in [0, 0.1) is 5.82 Å². The van der Waals surface area contributed by atoms with Gasteiger partial charge < -0.3 is 15.1 Å². The quantitative estimate of drug-likeness (QED) is 0.499. The molecular formula is C29H33FN4O3S. The van der Waals surface area contributed by atoms with Gasteiger partial charge in [0.1, 0.15) is 11.9 Å². The lowest BCUT2D eigenvalue weighted by molar-refractivity contribution is -0.124. The molecule has 3 aromatic carbocycles. The molecule has 0 aromatic heterocycles. The molecule has 200 valence electrons. The second-order valence-corrected chi connectivity index (χ2v) is 11.9. The molecule has 1 amide bonds. The van der Waals surface area contributed by atoms with Crippen LogP contribution in [0.5, 0.6) is 0 Å². The Kier molecular flexibility index (Phi) is 7.78. The van der Waals surface area contributed by atoms with E-state index in [4.69, 9.17) is 0 Å². The SMILES string of the molecule is CN1CCN(c2ccc(-c3cccc(CNC(=O)C4CCCN4S(=O)(=O)c4ccc(F)cc4)c3)cc2)CC1. The fourth-order valence-corrected chi connectivity index (χ4v) is 6.79. The molecule has 1 N–H and O–H groups in total. The van der Waals surface area contributed by atoms with Gasteiger partial charge in [0, 0.05) is 45.0 Å². The molecule has 38 heavy (non-hydrogen) atoms. The first-order valence-corrected chi connectivity index (χ1v) is 14.4. The Morgan fingerprint density at radius 3 is 2.34 bits per heavy atom. The standard InChI is InChI=1S/C29H33FN4O3S/c1-32-16-18-33(19-17-32)26-11-7-23(8-12-26)24-5-2-4-22(20-24)21-31-29(35)28-6-3-15-34(28)38(36,37)27-13-9-25(30)10-14-27/h2,4-5,7-14,20,28H,3,6,15-19,21H2,1H3,(H,31,35). The van der Waals surface area contributed by atoms with E-state index in [1.165, 1.54) is 22.1 Å². The van der Waals surface area contributed by atoms with Crippen molar-refractivity contribution in [2.75, 3.05) is 44.7 Å². The number of sulfonamides is 1. The van der Waals surface area contributed by atoms with Gasteiger partial charge in [-0.05, 0) is 79.0 Å². The molecule has 1 unspecified atom stereocenters. The Labute approximate surface area is 223 Å². The highest BCUT2D eigenvalue weighted by Crippen LogP contribution is 2.27. The number of likely N-dealkylation sites (N-methyl/N-ethyl adjacent to an activating group) is 1. The summed E-state index contributed by atoms with van der Waals surface area (Å²) < 4.78 is 40.7. The third kappa shape index (κ3) is 5.75. The lowest BCUT2D eigenvalue weighted by Crippen LogP contribution is -2.45. The Morgan fingerprint density at radius 2 is 1.63 bits per heavy atom. The number of hydrogen-bond donors (Lipinski definition) is 1. The monoisotopic (exact) mass is 536 g/mol. The van der Waals surface area contributed by atoms with E-state index in [1.54, 1.807) is 0 Å². The van der Waals surface area contributed by atoms with Crippen LogP contribution in [0.3, 0.4) is 0 Å². The summed E-state index contributed by atoms with van der Waals surface area (Å²) in [5.41, 5.74) is 4.32. The largest absolute Gasteiger partial charge is 0.369 e. The smallest absolute Gasteiger partial charge is 0.243 e. The van der Waals surface area contributed by atoms with E-state index in [2.05, 4.69) is 46.4 Å². The molecule has 2 saturated heterocycles. The first-order valence-electron chi connectivity index (χ1n) is 13.0. The molecule has 7 nitrogen and oxygen atoms in total. The van der Waals surface area contributed by atoms with Crippen LogP contribution in [-0.2, 0) is 21.4 Å². The molecule has 0 spiro atoms. The summed E-state index contributed by atoms with van der Waals surface area (Å²) in [6, 6.07) is 20.5. The van der Waals surface area contributed by atoms with E-state index in [1.807, 2.05) is 24.3 Å². The zero-order valence-electron chi connectivity index (χ0n) is 21.5. The molecule has 5 rings (SSSR count). The van der Waals surface area contributed by atoms with E-state index in [-0.39, 0.29) is 17.3 Å². The Morgan fingerprint density at radius 1 is 0.921 bits per heavy atom. The minimum atomic E-state index is -3.89. The number of piperazine rings is 1. The van der Waals surface area contributed by atoms with Crippen LogP contribution in [0.25, 0.3) is 11.1 Å². The number of nitrogens with one attached hydrogen (secondary N) is 1. The van der Waals surface area contributed by atoms with Gasteiger partial charge in [0.25, 0.3) is 0 Å². The number of halogens is 1. The highest BCUT2D eigenvalue weighted by molar-refractivity contribution is 7.89. The van der Waals surface area contributed by atoms with Crippen molar-refractivity contribution in [2.45, 2.75) is 30.3 Å². The maximum absolute atomic E-state index is 13.3.